The van der Waals surface area contributed by atoms with E-state index in [1.165, 1.54) is 6.07 Å². The minimum Gasteiger partial charge on any atom is -0.399 e. The number of hydrogen-bond acceptors (Lipinski definition) is 4. The van der Waals surface area contributed by atoms with Crippen molar-refractivity contribution in [2.45, 2.75) is 31.7 Å². The summed E-state index contributed by atoms with van der Waals surface area (Å²) in [5.41, 5.74) is 6.97. The molecule has 0 amide bonds. The maximum Gasteiger partial charge on any atom is 0.240 e. The predicted octanol–water partition coefficient (Wildman–Crippen LogP) is 2.00. The Kier molecular flexibility index (Phi) is 5.49. The molecule has 0 fully saturated rings. The van der Waals surface area contributed by atoms with Crippen molar-refractivity contribution in [3.63, 3.8) is 0 Å². The Labute approximate surface area is 113 Å². The van der Waals surface area contributed by atoms with Crippen LogP contribution in [0.3, 0.4) is 0 Å². The van der Waals surface area contributed by atoms with Crippen LogP contribution in [-0.4, -0.2) is 26.0 Å². The molecule has 3 N–H and O–H groups in total. The van der Waals surface area contributed by atoms with E-state index < -0.39 is 10.0 Å². The van der Waals surface area contributed by atoms with Crippen molar-refractivity contribution in [2.75, 3.05) is 17.2 Å². The second-order valence-corrected chi connectivity index (χ2v) is 7.29. The summed E-state index contributed by atoms with van der Waals surface area (Å²) in [5.74, 6) is 1.74. The molecule has 0 heterocycles. The van der Waals surface area contributed by atoms with E-state index in [0.717, 1.165) is 17.1 Å². The van der Waals surface area contributed by atoms with E-state index in [-0.39, 0.29) is 10.9 Å². The highest BCUT2D eigenvalue weighted by molar-refractivity contribution is 7.99. The molecule has 0 radical (unpaired) electrons. The summed E-state index contributed by atoms with van der Waals surface area (Å²) >= 11 is 1.71. The van der Waals surface area contributed by atoms with Gasteiger partial charge in [-0.3, -0.25) is 0 Å². The van der Waals surface area contributed by atoms with Crippen LogP contribution in [0.25, 0.3) is 0 Å². The molecule has 18 heavy (non-hydrogen) atoms. The molecule has 6 heteroatoms. The highest BCUT2D eigenvalue weighted by Gasteiger charge is 2.17. The third-order valence-electron chi connectivity index (χ3n) is 2.31. The largest absolute Gasteiger partial charge is 0.399 e. The van der Waals surface area contributed by atoms with Gasteiger partial charge in [0.05, 0.1) is 4.90 Å². The van der Waals surface area contributed by atoms with Gasteiger partial charge in [-0.25, -0.2) is 13.1 Å². The summed E-state index contributed by atoms with van der Waals surface area (Å²) in [5, 5.41) is 0. The predicted molar refractivity (Wildman–Crippen MR) is 78.4 cm³/mol. The van der Waals surface area contributed by atoms with Crippen LogP contribution >= 0.6 is 11.8 Å². The number of nitrogens with one attached hydrogen (secondary N) is 1. The summed E-state index contributed by atoms with van der Waals surface area (Å²) < 4.78 is 26.9. The van der Waals surface area contributed by atoms with Crippen LogP contribution in [0.1, 0.15) is 19.4 Å². The van der Waals surface area contributed by atoms with Crippen molar-refractivity contribution in [2.24, 2.45) is 0 Å². The first-order valence-electron chi connectivity index (χ1n) is 5.82. The van der Waals surface area contributed by atoms with E-state index in [0.29, 0.717) is 5.69 Å². The SMILES string of the molecule is CCSCC(C)NS(=O)(=O)c1cc(C)cc(N)c1. The third kappa shape index (κ3) is 4.51. The molecule has 1 aromatic carbocycles. The van der Waals surface area contributed by atoms with Gasteiger partial charge in [0.1, 0.15) is 0 Å². The molecule has 1 aromatic rings. The summed E-state index contributed by atoms with van der Waals surface area (Å²) in [7, 11) is -3.48. The maximum absolute atomic E-state index is 12.1. The molecule has 0 bridgehead atoms. The fraction of sp³-hybridized carbons (Fsp3) is 0.500. The number of aryl methyl sites for hydroxylation is 1. The highest BCUT2D eigenvalue weighted by atomic mass is 32.2. The van der Waals surface area contributed by atoms with Crippen molar-refractivity contribution >= 4 is 27.5 Å². The summed E-state index contributed by atoms with van der Waals surface area (Å²) in [4.78, 5) is 0.230. The summed E-state index contributed by atoms with van der Waals surface area (Å²) in [6.07, 6.45) is 0. The molecule has 1 unspecified atom stereocenters. The van der Waals surface area contributed by atoms with Gasteiger partial charge >= 0.3 is 0 Å². The van der Waals surface area contributed by atoms with Crippen LogP contribution in [0, 0.1) is 6.92 Å². The summed E-state index contributed by atoms with van der Waals surface area (Å²) in [6.45, 7) is 5.73. The number of nitrogens with two attached hydrogens (primary N) is 1. The minimum atomic E-state index is -3.48. The molecule has 102 valence electrons. The zero-order valence-corrected chi connectivity index (χ0v) is 12.6. The highest BCUT2D eigenvalue weighted by Crippen LogP contribution is 2.17. The van der Waals surface area contributed by atoms with Crippen LogP contribution in [0.2, 0.25) is 0 Å². The van der Waals surface area contributed by atoms with Crippen LogP contribution < -0.4 is 10.5 Å². The Bertz CT molecular complexity index is 481. The van der Waals surface area contributed by atoms with Gasteiger partial charge in [-0.15, -0.1) is 0 Å². The van der Waals surface area contributed by atoms with E-state index in [9.17, 15) is 8.42 Å². The number of anilines is 1. The van der Waals surface area contributed by atoms with Crippen molar-refractivity contribution in [3.8, 4) is 0 Å². The Morgan fingerprint density at radius 3 is 2.61 bits per heavy atom. The fourth-order valence-electron chi connectivity index (χ4n) is 1.59. The van der Waals surface area contributed by atoms with Gasteiger partial charge in [0, 0.05) is 17.5 Å². The number of rotatable bonds is 6. The number of sulfonamides is 1. The molecule has 0 saturated carbocycles. The van der Waals surface area contributed by atoms with E-state index in [2.05, 4.69) is 4.72 Å². The van der Waals surface area contributed by atoms with Crippen LogP contribution in [0.5, 0.6) is 0 Å². The third-order valence-corrected chi connectivity index (χ3v) is 5.02. The van der Waals surface area contributed by atoms with Gasteiger partial charge in [-0.05, 0) is 43.4 Å². The van der Waals surface area contributed by atoms with Crippen molar-refractivity contribution in [1.82, 2.24) is 4.72 Å². The van der Waals surface area contributed by atoms with E-state index >= 15 is 0 Å². The molecule has 0 aliphatic rings. The van der Waals surface area contributed by atoms with Gasteiger partial charge < -0.3 is 5.73 Å². The Morgan fingerprint density at radius 2 is 2.06 bits per heavy atom. The number of thioether (sulfide) groups is 1. The van der Waals surface area contributed by atoms with Crippen molar-refractivity contribution < 1.29 is 8.42 Å². The van der Waals surface area contributed by atoms with Gasteiger partial charge in [0.25, 0.3) is 0 Å². The molecule has 1 atom stereocenters. The topological polar surface area (TPSA) is 72.2 Å². The van der Waals surface area contributed by atoms with E-state index in [1.54, 1.807) is 23.9 Å². The zero-order valence-electron chi connectivity index (χ0n) is 10.9. The lowest BCUT2D eigenvalue weighted by molar-refractivity contribution is 0.571. The average Bonchev–Trinajstić information content (AvgIpc) is 2.24. The first kappa shape index (κ1) is 15.3. The Morgan fingerprint density at radius 1 is 1.39 bits per heavy atom. The molecule has 4 nitrogen and oxygen atoms in total. The molecule has 0 aliphatic carbocycles. The Balaban J connectivity index is 2.86. The van der Waals surface area contributed by atoms with Crippen molar-refractivity contribution in [1.29, 1.82) is 0 Å². The first-order valence-corrected chi connectivity index (χ1v) is 8.46. The van der Waals surface area contributed by atoms with E-state index in [4.69, 9.17) is 5.73 Å². The molecule has 0 spiro atoms. The number of nitrogen functional groups attached to an aromatic ring is 1. The smallest absolute Gasteiger partial charge is 0.240 e. The molecular weight excluding hydrogens is 268 g/mol. The van der Waals surface area contributed by atoms with Crippen LogP contribution in [0.4, 0.5) is 5.69 Å². The molecule has 0 aliphatic heterocycles. The van der Waals surface area contributed by atoms with Crippen molar-refractivity contribution in [3.05, 3.63) is 23.8 Å². The second-order valence-electron chi connectivity index (χ2n) is 4.26. The quantitative estimate of drug-likeness (QED) is 0.785. The maximum atomic E-state index is 12.1. The van der Waals surface area contributed by atoms with Crippen LogP contribution in [-0.2, 0) is 10.0 Å². The Hall–Kier alpha value is -0.720. The zero-order chi connectivity index (χ0) is 13.8. The van der Waals surface area contributed by atoms with Gasteiger partial charge in [0.15, 0.2) is 0 Å². The number of benzene rings is 1. The minimum absolute atomic E-state index is 0.0957. The van der Waals surface area contributed by atoms with Crippen LogP contribution in [0.15, 0.2) is 23.1 Å². The molecular formula is C12H20N2O2S2. The lowest BCUT2D eigenvalue weighted by Crippen LogP contribution is -2.34. The first-order chi connectivity index (χ1) is 8.35. The number of hydrogen-bond donors (Lipinski definition) is 2. The lowest BCUT2D eigenvalue weighted by Gasteiger charge is -2.14. The second kappa shape index (κ2) is 6.45. The van der Waals surface area contributed by atoms with E-state index in [1.807, 2.05) is 20.8 Å². The lowest BCUT2D eigenvalue weighted by atomic mass is 10.2. The molecule has 0 saturated heterocycles. The summed E-state index contributed by atoms with van der Waals surface area (Å²) in [6, 6.07) is 4.75. The fourth-order valence-corrected chi connectivity index (χ4v) is 3.75. The molecule has 0 aromatic heterocycles. The van der Waals surface area contributed by atoms with Gasteiger partial charge in [-0.2, -0.15) is 11.8 Å². The monoisotopic (exact) mass is 288 g/mol. The van der Waals surface area contributed by atoms with Gasteiger partial charge in [0.2, 0.25) is 10.0 Å². The average molecular weight is 288 g/mol. The normalized spacial score (nSPS) is 13.5. The van der Waals surface area contributed by atoms with Gasteiger partial charge in [-0.1, -0.05) is 6.92 Å². The standard InChI is InChI=1S/C12H20N2O2S2/c1-4-17-8-10(3)14-18(15,16)12-6-9(2)5-11(13)7-12/h5-7,10,14H,4,8,13H2,1-3H3. The molecule has 1 rings (SSSR count).